The SMILES string of the molecule is O=C1OC2(CCC(C(=O)Nc3nn(-c4ccccc4F)cc3OCc3ccccc3)CC2)c2cnccc21. The Morgan fingerprint density at radius 3 is 2.66 bits per heavy atom. The van der Waals surface area contributed by atoms with Crippen LogP contribution in [0.1, 0.15) is 47.2 Å². The fourth-order valence-corrected chi connectivity index (χ4v) is 5.21. The molecule has 4 aromatic rings. The molecule has 0 unspecified atom stereocenters. The summed E-state index contributed by atoms with van der Waals surface area (Å²) in [7, 11) is 0. The number of benzene rings is 2. The molecule has 1 aliphatic carbocycles. The molecule has 192 valence electrons. The third-order valence-electron chi connectivity index (χ3n) is 7.24. The molecule has 1 saturated carbocycles. The van der Waals surface area contributed by atoms with Gasteiger partial charge in [-0.25, -0.2) is 13.9 Å². The van der Waals surface area contributed by atoms with E-state index in [9.17, 15) is 14.0 Å². The Bertz CT molecular complexity index is 1500. The maximum absolute atomic E-state index is 14.5. The molecule has 3 heterocycles. The van der Waals surface area contributed by atoms with Crippen molar-refractivity contribution in [1.82, 2.24) is 14.8 Å². The van der Waals surface area contributed by atoms with Crippen molar-refractivity contribution < 1.29 is 23.5 Å². The minimum absolute atomic E-state index is 0.209. The highest BCUT2D eigenvalue weighted by atomic mass is 19.1. The van der Waals surface area contributed by atoms with Crippen molar-refractivity contribution in [2.24, 2.45) is 5.92 Å². The monoisotopic (exact) mass is 512 g/mol. The number of ether oxygens (including phenoxy) is 2. The number of halogens is 1. The van der Waals surface area contributed by atoms with E-state index in [1.165, 1.54) is 10.7 Å². The van der Waals surface area contributed by atoms with E-state index in [1.54, 1.807) is 42.9 Å². The van der Waals surface area contributed by atoms with Crippen molar-refractivity contribution in [3.05, 3.63) is 102 Å². The Labute approximate surface area is 218 Å². The lowest BCUT2D eigenvalue weighted by atomic mass is 9.75. The lowest BCUT2D eigenvalue weighted by Crippen LogP contribution is -2.36. The van der Waals surface area contributed by atoms with Gasteiger partial charge in [0.1, 0.15) is 23.7 Å². The second-order valence-electron chi connectivity index (χ2n) is 9.58. The van der Waals surface area contributed by atoms with Gasteiger partial charge in [-0.2, -0.15) is 0 Å². The van der Waals surface area contributed by atoms with Gasteiger partial charge < -0.3 is 14.8 Å². The van der Waals surface area contributed by atoms with E-state index in [0.29, 0.717) is 37.0 Å². The summed E-state index contributed by atoms with van der Waals surface area (Å²) >= 11 is 0. The van der Waals surface area contributed by atoms with Crippen LogP contribution in [0, 0.1) is 11.7 Å². The minimum atomic E-state index is -0.728. The van der Waals surface area contributed by atoms with E-state index in [0.717, 1.165) is 11.1 Å². The summed E-state index contributed by atoms with van der Waals surface area (Å²) in [6.07, 6.45) is 6.94. The van der Waals surface area contributed by atoms with Gasteiger partial charge in [-0.3, -0.25) is 9.78 Å². The summed E-state index contributed by atoms with van der Waals surface area (Å²) in [5, 5.41) is 7.34. The molecule has 1 spiro atoms. The average molecular weight is 513 g/mol. The third kappa shape index (κ3) is 4.40. The summed E-state index contributed by atoms with van der Waals surface area (Å²) in [6.45, 7) is 0.261. The van der Waals surface area contributed by atoms with E-state index in [1.807, 2.05) is 30.3 Å². The molecule has 9 heteroatoms. The first-order valence-corrected chi connectivity index (χ1v) is 12.5. The van der Waals surface area contributed by atoms with E-state index in [-0.39, 0.29) is 35.9 Å². The van der Waals surface area contributed by atoms with Gasteiger partial charge in [0.05, 0.1) is 11.8 Å². The van der Waals surface area contributed by atoms with Crippen LogP contribution >= 0.6 is 0 Å². The fraction of sp³-hybridized carbons (Fsp3) is 0.241. The van der Waals surface area contributed by atoms with Crippen LogP contribution < -0.4 is 10.1 Å². The van der Waals surface area contributed by atoms with Crippen molar-refractivity contribution in [2.75, 3.05) is 5.32 Å². The Kier molecular flexibility index (Phi) is 6.11. The molecule has 2 aromatic carbocycles. The maximum atomic E-state index is 14.5. The zero-order valence-electron chi connectivity index (χ0n) is 20.5. The van der Waals surface area contributed by atoms with Gasteiger partial charge in [0.2, 0.25) is 5.91 Å². The Balaban J connectivity index is 1.20. The molecule has 0 saturated heterocycles. The second kappa shape index (κ2) is 9.74. The first-order valence-electron chi connectivity index (χ1n) is 12.5. The van der Waals surface area contributed by atoms with Crippen LogP contribution in [-0.4, -0.2) is 26.6 Å². The predicted octanol–water partition coefficient (Wildman–Crippen LogP) is 5.18. The highest BCUT2D eigenvalue weighted by Gasteiger charge is 2.48. The molecule has 1 N–H and O–H groups in total. The number of amides is 1. The number of rotatable bonds is 6. The zero-order chi connectivity index (χ0) is 26.1. The molecule has 0 radical (unpaired) electrons. The lowest BCUT2D eigenvalue weighted by molar-refractivity contribution is -0.122. The van der Waals surface area contributed by atoms with Gasteiger partial charge in [0, 0.05) is 23.9 Å². The van der Waals surface area contributed by atoms with Crippen molar-refractivity contribution in [3.63, 3.8) is 0 Å². The highest BCUT2D eigenvalue weighted by molar-refractivity contribution is 5.95. The van der Waals surface area contributed by atoms with Crippen molar-refractivity contribution in [3.8, 4) is 11.4 Å². The zero-order valence-corrected chi connectivity index (χ0v) is 20.5. The number of pyridine rings is 1. The molecular formula is C29H25FN4O4. The fourth-order valence-electron chi connectivity index (χ4n) is 5.21. The standard InChI is InChI=1S/C29H25FN4O4/c30-23-8-4-5-9-24(23)34-17-25(37-18-19-6-2-1-3-7-19)26(33-34)32-27(35)20-10-13-29(14-11-20)22-16-31-15-12-21(22)28(36)38-29/h1-9,12,15-17,20H,10-11,13-14,18H2,(H,32,33,35). The van der Waals surface area contributed by atoms with Crippen molar-refractivity contribution >= 4 is 17.7 Å². The average Bonchev–Trinajstić information content (AvgIpc) is 3.47. The number of nitrogens with one attached hydrogen (secondary N) is 1. The lowest BCUT2D eigenvalue weighted by Gasteiger charge is -2.35. The van der Waals surface area contributed by atoms with Crippen LogP contribution in [0.4, 0.5) is 10.2 Å². The van der Waals surface area contributed by atoms with Gasteiger partial charge in [-0.05, 0) is 49.4 Å². The van der Waals surface area contributed by atoms with Crippen LogP contribution in [0.5, 0.6) is 5.75 Å². The maximum Gasteiger partial charge on any atom is 0.339 e. The molecule has 6 rings (SSSR count). The Hall–Kier alpha value is -4.53. The quantitative estimate of drug-likeness (QED) is 0.358. The van der Waals surface area contributed by atoms with Gasteiger partial charge in [0.25, 0.3) is 0 Å². The summed E-state index contributed by atoms with van der Waals surface area (Å²) < 4.78 is 27.6. The summed E-state index contributed by atoms with van der Waals surface area (Å²) in [5.41, 5.74) is 1.80. The van der Waals surface area contributed by atoms with Gasteiger partial charge in [0.15, 0.2) is 11.6 Å². The second-order valence-corrected chi connectivity index (χ2v) is 9.58. The number of hydrogen-bond acceptors (Lipinski definition) is 6. The molecule has 0 atom stereocenters. The predicted molar refractivity (Wildman–Crippen MR) is 136 cm³/mol. The summed E-state index contributed by atoms with van der Waals surface area (Å²) in [4.78, 5) is 29.8. The number of carbonyl (C=O) groups is 2. The van der Waals surface area contributed by atoms with E-state index in [2.05, 4.69) is 15.4 Å². The Morgan fingerprint density at radius 2 is 1.87 bits per heavy atom. The molecule has 2 aromatic heterocycles. The normalized spacial score (nSPS) is 20.1. The third-order valence-corrected chi connectivity index (χ3v) is 7.24. The van der Waals surface area contributed by atoms with Crippen LogP contribution in [0.2, 0.25) is 0 Å². The highest BCUT2D eigenvalue weighted by Crippen LogP contribution is 2.48. The number of hydrogen-bond donors (Lipinski definition) is 1. The van der Waals surface area contributed by atoms with Crippen LogP contribution in [0.3, 0.4) is 0 Å². The largest absolute Gasteiger partial charge is 0.483 e. The topological polar surface area (TPSA) is 95.3 Å². The molecular weight excluding hydrogens is 487 g/mol. The number of para-hydroxylation sites is 1. The van der Waals surface area contributed by atoms with Gasteiger partial charge >= 0.3 is 5.97 Å². The van der Waals surface area contributed by atoms with Crippen LogP contribution in [0.15, 0.2) is 79.3 Å². The van der Waals surface area contributed by atoms with Crippen molar-refractivity contribution in [1.29, 1.82) is 0 Å². The Morgan fingerprint density at radius 1 is 1.11 bits per heavy atom. The number of esters is 1. The minimum Gasteiger partial charge on any atom is -0.483 e. The number of fused-ring (bicyclic) bond motifs is 2. The van der Waals surface area contributed by atoms with E-state index >= 15 is 0 Å². The number of nitrogens with zero attached hydrogens (tertiary/aromatic N) is 3. The van der Waals surface area contributed by atoms with Crippen LogP contribution in [0.25, 0.3) is 5.69 Å². The molecule has 38 heavy (non-hydrogen) atoms. The molecule has 8 nitrogen and oxygen atoms in total. The van der Waals surface area contributed by atoms with E-state index < -0.39 is 11.4 Å². The first kappa shape index (κ1) is 23.8. The summed E-state index contributed by atoms with van der Waals surface area (Å²) in [6, 6.07) is 17.5. The smallest absolute Gasteiger partial charge is 0.339 e. The molecule has 1 fully saturated rings. The summed E-state index contributed by atoms with van der Waals surface area (Å²) in [5.74, 6) is -0.747. The number of aromatic nitrogens is 3. The van der Waals surface area contributed by atoms with Gasteiger partial charge in [-0.15, -0.1) is 5.10 Å². The molecule has 1 amide bonds. The number of anilines is 1. The first-order chi connectivity index (χ1) is 18.5. The molecule has 2 aliphatic rings. The molecule has 1 aliphatic heterocycles. The number of carbonyl (C=O) groups excluding carboxylic acids is 2. The molecule has 0 bridgehead atoms. The van der Waals surface area contributed by atoms with Gasteiger partial charge in [-0.1, -0.05) is 42.5 Å². The van der Waals surface area contributed by atoms with Crippen LogP contribution in [-0.2, 0) is 21.7 Å². The van der Waals surface area contributed by atoms with E-state index in [4.69, 9.17) is 9.47 Å². The van der Waals surface area contributed by atoms with Crippen molar-refractivity contribution in [2.45, 2.75) is 37.9 Å².